The third-order valence-electron chi connectivity index (χ3n) is 4.01. The number of amides is 1. The van der Waals surface area contributed by atoms with Crippen molar-refractivity contribution in [1.82, 2.24) is 9.62 Å². The molecule has 1 saturated heterocycles. The van der Waals surface area contributed by atoms with Gasteiger partial charge in [-0.05, 0) is 26.3 Å². The minimum atomic E-state index is -3.38. The van der Waals surface area contributed by atoms with Crippen LogP contribution in [0.5, 0.6) is 0 Å². The molecule has 0 radical (unpaired) electrons. The molecule has 23 heavy (non-hydrogen) atoms. The van der Waals surface area contributed by atoms with E-state index < -0.39 is 15.6 Å². The average Bonchev–Trinajstić information content (AvgIpc) is 2.53. The molecule has 0 bridgehead atoms. The molecule has 1 aromatic rings. The summed E-state index contributed by atoms with van der Waals surface area (Å²) in [6.07, 6.45) is -0.198. The maximum Gasteiger partial charge on any atom is 0.238 e. The predicted octanol–water partition coefficient (Wildman–Crippen LogP) is 1.30. The first-order chi connectivity index (χ1) is 10.7. The zero-order chi connectivity index (χ0) is 17.1. The molecule has 0 saturated carbocycles. The second-order valence-electron chi connectivity index (χ2n) is 6.25. The molecule has 128 valence electrons. The van der Waals surface area contributed by atoms with Gasteiger partial charge in [-0.2, -0.15) is 0 Å². The van der Waals surface area contributed by atoms with Crippen molar-refractivity contribution >= 4 is 15.9 Å². The van der Waals surface area contributed by atoms with Gasteiger partial charge in [0.05, 0.1) is 31.0 Å². The van der Waals surface area contributed by atoms with Crippen LogP contribution in [-0.4, -0.2) is 50.2 Å². The van der Waals surface area contributed by atoms with Gasteiger partial charge < -0.3 is 9.64 Å². The quantitative estimate of drug-likeness (QED) is 0.877. The second-order valence-corrected chi connectivity index (χ2v) is 8.35. The minimum absolute atomic E-state index is 0.0422. The Labute approximate surface area is 137 Å². The van der Waals surface area contributed by atoms with Gasteiger partial charge in [-0.1, -0.05) is 30.3 Å². The number of sulfonamides is 1. The van der Waals surface area contributed by atoms with E-state index >= 15 is 0 Å². The Kier molecular flexibility index (Phi) is 5.44. The van der Waals surface area contributed by atoms with Gasteiger partial charge in [0.25, 0.3) is 0 Å². The topological polar surface area (TPSA) is 75.7 Å². The molecule has 2 rings (SSSR count). The summed E-state index contributed by atoms with van der Waals surface area (Å²) in [4.78, 5) is 14.2. The lowest BCUT2D eigenvalue weighted by atomic mass is 9.98. The number of morpholine rings is 1. The van der Waals surface area contributed by atoms with E-state index in [0.717, 1.165) is 5.56 Å². The first-order valence-electron chi connectivity index (χ1n) is 7.69. The number of hydrogen-bond acceptors (Lipinski definition) is 4. The number of hydrogen-bond donors (Lipinski definition) is 1. The van der Waals surface area contributed by atoms with Gasteiger partial charge in [-0.3, -0.25) is 4.79 Å². The van der Waals surface area contributed by atoms with E-state index in [0.29, 0.717) is 13.2 Å². The molecule has 0 aliphatic carbocycles. The van der Waals surface area contributed by atoms with Crippen molar-refractivity contribution in [2.45, 2.75) is 32.4 Å². The predicted molar refractivity (Wildman–Crippen MR) is 88.4 cm³/mol. The minimum Gasteiger partial charge on any atom is -0.369 e. The zero-order valence-corrected chi connectivity index (χ0v) is 14.6. The lowest BCUT2D eigenvalue weighted by molar-refractivity contribution is -0.153. The van der Waals surface area contributed by atoms with Crippen molar-refractivity contribution in [1.29, 1.82) is 0 Å². The molecule has 1 heterocycles. The summed E-state index contributed by atoms with van der Waals surface area (Å²) in [7, 11) is -3.38. The van der Waals surface area contributed by atoms with E-state index in [9.17, 15) is 13.2 Å². The Morgan fingerprint density at radius 1 is 1.35 bits per heavy atom. The largest absolute Gasteiger partial charge is 0.369 e. The number of nitrogens with one attached hydrogen (secondary N) is 1. The van der Waals surface area contributed by atoms with Gasteiger partial charge >= 0.3 is 0 Å². The van der Waals surface area contributed by atoms with Gasteiger partial charge in [0.15, 0.2) is 0 Å². The van der Waals surface area contributed by atoms with E-state index in [1.165, 1.54) is 6.92 Å². The highest BCUT2D eigenvalue weighted by Gasteiger charge is 2.38. The monoisotopic (exact) mass is 340 g/mol. The van der Waals surface area contributed by atoms with Gasteiger partial charge in [0, 0.05) is 0 Å². The molecule has 0 aromatic heterocycles. The van der Waals surface area contributed by atoms with Gasteiger partial charge in [0.2, 0.25) is 15.9 Å². The maximum absolute atomic E-state index is 12.5. The van der Waals surface area contributed by atoms with Crippen molar-refractivity contribution in [3.8, 4) is 0 Å². The standard InChI is InChI=1S/C16H24N2O4S/c1-4-23(20,21)17-10-15(19)18-11-14(22-12-16(18,2)3)13-8-6-5-7-9-13/h5-9,14,17H,4,10-12H2,1-3H3/t14-/m0/s1. The molecule has 0 unspecified atom stereocenters. The summed E-state index contributed by atoms with van der Waals surface area (Å²) in [5, 5.41) is 0. The van der Waals surface area contributed by atoms with Crippen molar-refractivity contribution < 1.29 is 17.9 Å². The molecular formula is C16H24N2O4S. The molecule has 6 nitrogen and oxygen atoms in total. The van der Waals surface area contributed by atoms with E-state index in [4.69, 9.17) is 4.74 Å². The van der Waals surface area contributed by atoms with Crippen LogP contribution in [0.3, 0.4) is 0 Å². The lowest BCUT2D eigenvalue weighted by Gasteiger charge is -2.45. The molecule has 1 aromatic carbocycles. The van der Waals surface area contributed by atoms with Crippen LogP contribution >= 0.6 is 0 Å². The summed E-state index contributed by atoms with van der Waals surface area (Å²) < 4.78 is 31.3. The highest BCUT2D eigenvalue weighted by atomic mass is 32.2. The highest BCUT2D eigenvalue weighted by Crippen LogP contribution is 2.30. The van der Waals surface area contributed by atoms with Crippen LogP contribution < -0.4 is 4.72 Å². The van der Waals surface area contributed by atoms with E-state index in [1.807, 2.05) is 44.2 Å². The summed E-state index contributed by atoms with van der Waals surface area (Å²) in [6, 6.07) is 9.72. The van der Waals surface area contributed by atoms with Crippen LogP contribution in [0.15, 0.2) is 30.3 Å². The SMILES string of the molecule is CCS(=O)(=O)NCC(=O)N1C[C@@H](c2ccccc2)OCC1(C)C. The molecule has 7 heteroatoms. The summed E-state index contributed by atoms with van der Waals surface area (Å²) in [6.45, 7) is 5.96. The fraction of sp³-hybridized carbons (Fsp3) is 0.562. The van der Waals surface area contributed by atoms with Crippen LogP contribution in [0.1, 0.15) is 32.4 Å². The van der Waals surface area contributed by atoms with Gasteiger partial charge in [0.1, 0.15) is 6.10 Å². The summed E-state index contributed by atoms with van der Waals surface area (Å²) >= 11 is 0. The Hall–Kier alpha value is -1.44. The van der Waals surface area contributed by atoms with Crippen molar-refractivity contribution in [2.24, 2.45) is 0 Å². The third kappa shape index (κ3) is 4.53. The number of benzene rings is 1. The molecule has 1 fully saturated rings. The Morgan fingerprint density at radius 2 is 2.00 bits per heavy atom. The summed E-state index contributed by atoms with van der Waals surface area (Å²) in [5.41, 5.74) is 0.537. The number of ether oxygens (including phenoxy) is 1. The fourth-order valence-corrected chi connectivity index (χ4v) is 3.07. The average molecular weight is 340 g/mol. The van der Waals surface area contributed by atoms with Crippen LogP contribution in [0, 0.1) is 0 Å². The van der Waals surface area contributed by atoms with Crippen molar-refractivity contribution in [3.05, 3.63) is 35.9 Å². The molecule has 1 N–H and O–H groups in total. The first kappa shape index (κ1) is 17.9. The van der Waals surface area contributed by atoms with Crippen molar-refractivity contribution in [3.63, 3.8) is 0 Å². The molecule has 1 aliphatic rings. The fourth-order valence-electron chi connectivity index (χ4n) is 2.53. The van der Waals surface area contributed by atoms with E-state index in [-0.39, 0.29) is 24.3 Å². The molecule has 0 spiro atoms. The Morgan fingerprint density at radius 3 is 2.61 bits per heavy atom. The molecule has 1 aliphatic heterocycles. The van der Waals surface area contributed by atoms with Crippen LogP contribution in [0.4, 0.5) is 0 Å². The van der Waals surface area contributed by atoms with Crippen LogP contribution in [0.2, 0.25) is 0 Å². The zero-order valence-electron chi connectivity index (χ0n) is 13.8. The van der Waals surface area contributed by atoms with Crippen molar-refractivity contribution in [2.75, 3.05) is 25.4 Å². The second kappa shape index (κ2) is 6.98. The third-order valence-corrected chi connectivity index (χ3v) is 5.36. The maximum atomic E-state index is 12.5. The highest BCUT2D eigenvalue weighted by molar-refractivity contribution is 7.89. The molecular weight excluding hydrogens is 316 g/mol. The van der Waals surface area contributed by atoms with E-state index in [1.54, 1.807) is 4.90 Å². The number of rotatable bonds is 5. The first-order valence-corrected chi connectivity index (χ1v) is 9.35. The van der Waals surface area contributed by atoms with Gasteiger partial charge in [-0.25, -0.2) is 13.1 Å². The molecule has 1 atom stereocenters. The smallest absolute Gasteiger partial charge is 0.238 e. The Balaban J connectivity index is 2.09. The van der Waals surface area contributed by atoms with Crippen LogP contribution in [-0.2, 0) is 19.6 Å². The Bertz CT molecular complexity index is 643. The number of carbonyl (C=O) groups excluding carboxylic acids is 1. The van der Waals surface area contributed by atoms with Crippen LogP contribution in [0.25, 0.3) is 0 Å². The normalized spacial score (nSPS) is 21.2. The molecule has 1 amide bonds. The van der Waals surface area contributed by atoms with Gasteiger partial charge in [-0.15, -0.1) is 0 Å². The van der Waals surface area contributed by atoms with E-state index in [2.05, 4.69) is 4.72 Å². The lowest BCUT2D eigenvalue weighted by Crippen LogP contribution is -2.58. The number of nitrogens with zero attached hydrogens (tertiary/aromatic N) is 1. The summed E-state index contributed by atoms with van der Waals surface area (Å²) in [5.74, 6) is -0.282. The number of carbonyl (C=O) groups is 1.